The highest BCUT2D eigenvalue weighted by Gasteiger charge is 2.47. The highest BCUT2D eigenvalue weighted by molar-refractivity contribution is 7.26. The van der Waals surface area contributed by atoms with Crippen molar-refractivity contribution in [3.8, 4) is 34.0 Å². The summed E-state index contributed by atoms with van der Waals surface area (Å²) < 4.78 is 0. The quantitative estimate of drug-likeness (QED) is 0.201. The molecule has 222 valence electrons. The molecule has 4 aliphatic carbocycles. The Morgan fingerprint density at radius 1 is 0.681 bits per heavy atom. The van der Waals surface area contributed by atoms with Crippen LogP contribution in [0, 0.1) is 45.3 Å². The van der Waals surface area contributed by atoms with Crippen LogP contribution in [0.1, 0.15) is 70.3 Å². The predicted octanol–water partition coefficient (Wildman–Crippen LogP) is 8.94. The molecule has 4 aromatic rings. The summed E-state index contributed by atoms with van der Waals surface area (Å²) in [6.07, 6.45) is 5.93. The molecule has 4 aliphatic rings. The summed E-state index contributed by atoms with van der Waals surface area (Å²) in [6.45, 7) is 0. The normalized spacial score (nSPS) is 18.3. The minimum Gasteiger partial charge on any atom is -0.287 e. The van der Waals surface area contributed by atoms with Gasteiger partial charge in [-0.1, -0.05) is 67.8 Å². The number of nitriles is 4. The lowest BCUT2D eigenvalue weighted by Crippen LogP contribution is -2.27. The number of hydrogen-bond donors (Lipinski definition) is 0. The first-order chi connectivity index (χ1) is 23.0. The van der Waals surface area contributed by atoms with Crippen LogP contribution in [0.5, 0.6) is 0 Å². The molecule has 0 saturated heterocycles. The zero-order valence-corrected chi connectivity index (χ0v) is 26.6. The van der Waals surface area contributed by atoms with Crippen molar-refractivity contribution in [3.05, 3.63) is 105 Å². The number of carbonyl (C=O) groups excluding carboxylic acids is 1. The second-order valence-corrected chi connectivity index (χ2v) is 14.0. The number of benzene rings is 2. The number of fused-ring (bicyclic) bond motifs is 7. The SMILES string of the molecule is N#CC(C#N)=C1C(=Nc2cc3c(s2)-c2sc(N=C4C(=O)c5ccccc5C4=C(C#N)C#N)cc2C32CCCCC2)Cc2ccccc21. The monoisotopic (exact) mass is 642 g/mol. The lowest BCUT2D eigenvalue weighted by Gasteiger charge is -2.34. The maximum atomic E-state index is 13.5. The first-order valence-corrected chi connectivity index (χ1v) is 16.9. The number of allylic oxidation sites excluding steroid dienone is 4. The molecular weight excluding hydrogens is 621 g/mol. The molecule has 0 bridgehead atoms. The predicted molar refractivity (Wildman–Crippen MR) is 183 cm³/mol. The van der Waals surface area contributed by atoms with Gasteiger partial charge in [0.1, 0.15) is 51.1 Å². The number of rotatable bonds is 2. The van der Waals surface area contributed by atoms with Crippen molar-refractivity contribution in [2.24, 2.45) is 9.98 Å². The van der Waals surface area contributed by atoms with Gasteiger partial charge in [-0.05, 0) is 52.8 Å². The summed E-state index contributed by atoms with van der Waals surface area (Å²) in [5.41, 5.74) is 6.96. The van der Waals surface area contributed by atoms with Gasteiger partial charge in [0.05, 0.1) is 15.5 Å². The van der Waals surface area contributed by atoms with E-state index in [1.807, 2.05) is 36.4 Å². The van der Waals surface area contributed by atoms with Crippen molar-refractivity contribution in [1.82, 2.24) is 0 Å². The topological polar surface area (TPSA) is 137 Å². The summed E-state index contributed by atoms with van der Waals surface area (Å²) in [6, 6.07) is 27.2. The number of thiophene rings is 2. The van der Waals surface area contributed by atoms with E-state index in [0.717, 1.165) is 57.3 Å². The van der Waals surface area contributed by atoms with E-state index in [1.54, 1.807) is 35.6 Å². The van der Waals surface area contributed by atoms with Crippen molar-refractivity contribution < 1.29 is 4.79 Å². The maximum Gasteiger partial charge on any atom is 0.212 e. The van der Waals surface area contributed by atoms with E-state index in [-0.39, 0.29) is 28.1 Å². The molecule has 0 unspecified atom stereocenters. The standard InChI is InChI=1S/C38H22N6OS2/c39-17-22(18-40)32-24-9-3-2-8-21(24)14-29(32)43-30-15-27-36(46-30)37-28(38(27)12-6-1-7-13-38)16-31(47-37)44-34-33(23(19-41)20-42)25-10-4-5-11-26(25)35(34)45/h2-5,8-11,15-16H,1,6-7,12-14H2. The second kappa shape index (κ2) is 11.0. The smallest absolute Gasteiger partial charge is 0.212 e. The Kier molecular flexibility index (Phi) is 6.71. The third-order valence-corrected chi connectivity index (χ3v) is 11.8. The number of aliphatic imine (C=N–C) groups is 2. The van der Waals surface area contributed by atoms with E-state index in [0.29, 0.717) is 33.7 Å². The molecule has 2 heterocycles. The van der Waals surface area contributed by atoms with Gasteiger partial charge < -0.3 is 0 Å². The van der Waals surface area contributed by atoms with E-state index in [2.05, 4.69) is 24.3 Å². The van der Waals surface area contributed by atoms with E-state index < -0.39 is 0 Å². The van der Waals surface area contributed by atoms with Gasteiger partial charge in [0.15, 0.2) is 0 Å². The van der Waals surface area contributed by atoms with Gasteiger partial charge in [0.25, 0.3) is 0 Å². The molecule has 0 N–H and O–H groups in total. The lowest BCUT2D eigenvalue weighted by atomic mass is 9.68. The Balaban J connectivity index is 1.26. The molecule has 0 amide bonds. The first-order valence-electron chi connectivity index (χ1n) is 15.3. The summed E-state index contributed by atoms with van der Waals surface area (Å²) in [5.74, 6) is -0.287. The number of nitrogens with zero attached hydrogens (tertiary/aromatic N) is 6. The van der Waals surface area contributed by atoms with Crippen molar-refractivity contribution in [1.29, 1.82) is 21.0 Å². The zero-order chi connectivity index (χ0) is 32.3. The highest BCUT2D eigenvalue weighted by atomic mass is 32.1. The Hall–Kier alpha value is -5.71. The molecule has 2 aromatic carbocycles. The zero-order valence-electron chi connectivity index (χ0n) is 24.9. The van der Waals surface area contributed by atoms with Gasteiger partial charge in [-0.25, -0.2) is 9.98 Å². The highest BCUT2D eigenvalue weighted by Crippen LogP contribution is 2.63. The average molecular weight is 643 g/mol. The summed E-state index contributed by atoms with van der Waals surface area (Å²) in [7, 11) is 0. The summed E-state index contributed by atoms with van der Waals surface area (Å²) in [5, 5.41) is 40.5. The number of ketones is 1. The summed E-state index contributed by atoms with van der Waals surface area (Å²) >= 11 is 3.14. The van der Waals surface area contributed by atoms with Gasteiger partial charge in [0, 0.05) is 28.5 Å². The second-order valence-electron chi connectivity index (χ2n) is 12.0. The van der Waals surface area contributed by atoms with Crippen LogP contribution in [0.3, 0.4) is 0 Å². The molecule has 47 heavy (non-hydrogen) atoms. The largest absolute Gasteiger partial charge is 0.287 e. The fraction of sp³-hybridized carbons (Fsp3) is 0.184. The van der Waals surface area contributed by atoms with Gasteiger partial charge in [-0.3, -0.25) is 4.79 Å². The van der Waals surface area contributed by atoms with Gasteiger partial charge in [-0.15, -0.1) is 22.7 Å². The van der Waals surface area contributed by atoms with Gasteiger partial charge in [-0.2, -0.15) is 21.0 Å². The van der Waals surface area contributed by atoms with Crippen molar-refractivity contribution in [2.45, 2.75) is 43.9 Å². The first kappa shape index (κ1) is 28.7. The molecule has 7 nitrogen and oxygen atoms in total. The summed E-state index contributed by atoms with van der Waals surface area (Å²) in [4.78, 5) is 25.8. The fourth-order valence-electron chi connectivity index (χ4n) is 7.61. The van der Waals surface area contributed by atoms with Crippen molar-refractivity contribution in [2.75, 3.05) is 0 Å². The Labute approximate surface area is 279 Å². The van der Waals surface area contributed by atoms with Crippen LogP contribution < -0.4 is 0 Å². The number of Topliss-reactive ketones (excluding diaryl/α,β-unsaturated/α-hetero) is 1. The van der Waals surface area contributed by atoms with Crippen LogP contribution in [-0.2, 0) is 11.8 Å². The van der Waals surface area contributed by atoms with E-state index >= 15 is 0 Å². The molecule has 0 radical (unpaired) electrons. The molecule has 1 saturated carbocycles. The minimum atomic E-state index is -0.287. The van der Waals surface area contributed by atoms with E-state index in [1.165, 1.54) is 28.9 Å². The molecule has 1 spiro atoms. The van der Waals surface area contributed by atoms with Crippen LogP contribution in [0.2, 0.25) is 0 Å². The molecule has 1 fully saturated rings. The average Bonchev–Trinajstić information content (AvgIpc) is 3.90. The van der Waals surface area contributed by atoms with Crippen LogP contribution in [0.15, 0.2) is 81.8 Å². The third kappa shape index (κ3) is 4.22. The molecule has 2 aromatic heterocycles. The molecule has 0 atom stereocenters. The van der Waals surface area contributed by atoms with Crippen LogP contribution in [-0.4, -0.2) is 17.2 Å². The van der Waals surface area contributed by atoms with Gasteiger partial charge in [0.2, 0.25) is 5.78 Å². The van der Waals surface area contributed by atoms with Crippen LogP contribution >= 0.6 is 22.7 Å². The molecule has 9 heteroatoms. The Bertz CT molecular complexity index is 2350. The molecule has 8 rings (SSSR count). The Morgan fingerprint density at radius 3 is 1.87 bits per heavy atom. The van der Waals surface area contributed by atoms with Crippen molar-refractivity contribution >= 4 is 61.0 Å². The Morgan fingerprint density at radius 2 is 1.23 bits per heavy atom. The minimum absolute atomic E-state index is 0.0684. The maximum absolute atomic E-state index is 13.5. The van der Waals surface area contributed by atoms with E-state index in [4.69, 9.17) is 9.98 Å². The third-order valence-electron chi connectivity index (χ3n) is 9.62. The lowest BCUT2D eigenvalue weighted by molar-refractivity contribution is 0.107. The molecular formula is C38H22N6OS2. The number of carbonyl (C=O) groups is 1. The van der Waals surface area contributed by atoms with Crippen LogP contribution in [0.4, 0.5) is 10.0 Å². The van der Waals surface area contributed by atoms with Crippen LogP contribution in [0.25, 0.3) is 20.9 Å². The van der Waals surface area contributed by atoms with Crippen molar-refractivity contribution in [3.63, 3.8) is 0 Å². The fourth-order valence-corrected chi connectivity index (χ4v) is 10.1. The van der Waals surface area contributed by atoms with Gasteiger partial charge >= 0.3 is 0 Å². The number of hydrogen-bond acceptors (Lipinski definition) is 9. The molecule has 0 aliphatic heterocycles. The van der Waals surface area contributed by atoms with E-state index in [9.17, 15) is 25.8 Å².